The van der Waals surface area contributed by atoms with Gasteiger partial charge in [0.05, 0.1) is 11.2 Å². The van der Waals surface area contributed by atoms with Crippen LogP contribution in [0.3, 0.4) is 0 Å². The maximum absolute atomic E-state index is 12.1. The third kappa shape index (κ3) is 2.15. The number of alkyl halides is 1. The van der Waals surface area contributed by atoms with Crippen molar-refractivity contribution in [2.24, 2.45) is 16.7 Å². The summed E-state index contributed by atoms with van der Waals surface area (Å²) >= 11 is 2.04. The summed E-state index contributed by atoms with van der Waals surface area (Å²) in [5, 5.41) is 0. The lowest BCUT2D eigenvalue weighted by Gasteiger charge is -2.40. The van der Waals surface area contributed by atoms with E-state index in [0.717, 1.165) is 0 Å². The van der Waals surface area contributed by atoms with Gasteiger partial charge < -0.3 is 0 Å². The highest BCUT2D eigenvalue weighted by Gasteiger charge is 2.59. The summed E-state index contributed by atoms with van der Waals surface area (Å²) in [6, 6.07) is 0. The number of halogens is 1. The van der Waals surface area contributed by atoms with Crippen LogP contribution in [0.1, 0.15) is 27.2 Å². The maximum Gasteiger partial charge on any atom is 0.265 e. The first kappa shape index (κ1) is 14.4. The molecular formula is C10H17IO4S. The summed E-state index contributed by atoms with van der Waals surface area (Å²) in [5.41, 5.74) is -1.35. The van der Waals surface area contributed by atoms with Crippen LogP contribution in [-0.2, 0) is 14.9 Å². The minimum atomic E-state index is -4.13. The van der Waals surface area contributed by atoms with Gasteiger partial charge in [-0.3, -0.25) is 9.35 Å². The van der Waals surface area contributed by atoms with Crippen LogP contribution in [0, 0.1) is 16.7 Å². The Morgan fingerprint density at radius 2 is 2.00 bits per heavy atom. The van der Waals surface area contributed by atoms with Gasteiger partial charge >= 0.3 is 0 Å². The number of rotatable bonds is 3. The van der Waals surface area contributed by atoms with E-state index in [-0.39, 0.29) is 11.7 Å². The van der Waals surface area contributed by atoms with Gasteiger partial charge in [0, 0.05) is 10.8 Å². The minimum Gasteiger partial charge on any atom is -0.299 e. The Kier molecular flexibility index (Phi) is 3.78. The Morgan fingerprint density at radius 3 is 2.25 bits per heavy atom. The standard InChI is InChI=1S/C10H17IO4S/c1-7-4-8(12)10(5-11,9(7,2)3)6-16(13,14)15/h7H,4-6H2,1-3H3,(H,13,14,15). The molecule has 16 heavy (non-hydrogen) atoms. The lowest BCUT2D eigenvalue weighted by molar-refractivity contribution is -0.126. The monoisotopic (exact) mass is 360 g/mol. The molecule has 0 amide bonds. The van der Waals surface area contributed by atoms with Gasteiger partial charge in [0.1, 0.15) is 5.78 Å². The predicted octanol–water partition coefficient (Wildman–Crippen LogP) is 1.93. The Morgan fingerprint density at radius 1 is 1.50 bits per heavy atom. The van der Waals surface area contributed by atoms with Crippen LogP contribution in [-0.4, -0.2) is 28.9 Å². The summed E-state index contributed by atoms with van der Waals surface area (Å²) in [5.74, 6) is -0.368. The number of hydrogen-bond donors (Lipinski definition) is 1. The van der Waals surface area contributed by atoms with Crippen LogP contribution in [0.2, 0.25) is 0 Å². The Bertz CT molecular complexity index is 401. The largest absolute Gasteiger partial charge is 0.299 e. The fraction of sp³-hybridized carbons (Fsp3) is 0.900. The van der Waals surface area contributed by atoms with Crippen LogP contribution >= 0.6 is 22.6 Å². The Balaban J connectivity index is 3.26. The topological polar surface area (TPSA) is 71.4 Å². The molecule has 0 bridgehead atoms. The van der Waals surface area contributed by atoms with Gasteiger partial charge in [-0.1, -0.05) is 43.4 Å². The van der Waals surface area contributed by atoms with Crippen LogP contribution in [0.15, 0.2) is 0 Å². The van der Waals surface area contributed by atoms with E-state index in [1.165, 1.54) is 0 Å². The zero-order chi connectivity index (χ0) is 12.8. The summed E-state index contributed by atoms with van der Waals surface area (Å²) in [6.45, 7) is 5.77. The van der Waals surface area contributed by atoms with Gasteiger partial charge in [-0.05, 0) is 11.3 Å². The first-order valence-corrected chi connectivity index (χ1v) is 8.25. The van der Waals surface area contributed by atoms with E-state index >= 15 is 0 Å². The van der Waals surface area contributed by atoms with Gasteiger partial charge in [0.2, 0.25) is 0 Å². The molecule has 1 aliphatic carbocycles. The van der Waals surface area contributed by atoms with Crippen molar-refractivity contribution >= 4 is 38.5 Å². The first-order chi connectivity index (χ1) is 7.07. The van der Waals surface area contributed by atoms with Crippen molar-refractivity contribution in [1.82, 2.24) is 0 Å². The molecule has 0 aliphatic heterocycles. The second-order valence-corrected chi connectivity index (χ2v) is 7.41. The quantitative estimate of drug-likeness (QED) is 0.474. The molecule has 2 unspecified atom stereocenters. The van der Waals surface area contributed by atoms with E-state index in [9.17, 15) is 13.2 Å². The molecule has 0 aromatic rings. The van der Waals surface area contributed by atoms with Crippen LogP contribution in [0.25, 0.3) is 0 Å². The van der Waals surface area contributed by atoms with Crippen LogP contribution < -0.4 is 0 Å². The number of carbonyl (C=O) groups excluding carboxylic acids is 1. The molecule has 1 saturated carbocycles. The zero-order valence-corrected chi connectivity index (χ0v) is 12.6. The molecule has 2 atom stereocenters. The van der Waals surface area contributed by atoms with Crippen molar-refractivity contribution in [3.05, 3.63) is 0 Å². The van der Waals surface area contributed by atoms with Gasteiger partial charge in [-0.2, -0.15) is 8.42 Å². The predicted molar refractivity (Wildman–Crippen MR) is 70.3 cm³/mol. The Labute approximate surface area is 110 Å². The van der Waals surface area contributed by atoms with Crippen molar-refractivity contribution < 1.29 is 17.8 Å². The second-order valence-electron chi connectivity index (χ2n) is 5.19. The smallest absolute Gasteiger partial charge is 0.265 e. The fourth-order valence-electron chi connectivity index (χ4n) is 2.42. The summed E-state index contributed by atoms with van der Waals surface area (Å²) in [6.07, 6.45) is 0.394. The maximum atomic E-state index is 12.1. The van der Waals surface area contributed by atoms with Crippen LogP contribution in [0.4, 0.5) is 0 Å². The molecular weight excluding hydrogens is 343 g/mol. The molecule has 0 saturated heterocycles. The van der Waals surface area contributed by atoms with E-state index < -0.39 is 26.7 Å². The molecule has 1 rings (SSSR count). The van der Waals surface area contributed by atoms with Gasteiger partial charge in [0.25, 0.3) is 10.1 Å². The number of hydrogen-bond acceptors (Lipinski definition) is 3. The molecule has 94 valence electrons. The Hall–Kier alpha value is 0.310. The summed E-state index contributed by atoms with van der Waals surface area (Å²) in [7, 11) is -4.13. The normalized spacial score (nSPS) is 34.3. The molecule has 1 N–H and O–H groups in total. The average Bonchev–Trinajstić information content (AvgIpc) is 2.25. The molecule has 4 nitrogen and oxygen atoms in total. The van der Waals surface area contributed by atoms with E-state index in [4.69, 9.17) is 4.55 Å². The summed E-state index contributed by atoms with van der Waals surface area (Å²) < 4.78 is 31.6. The van der Waals surface area contributed by atoms with E-state index in [1.54, 1.807) is 0 Å². The highest BCUT2D eigenvalue weighted by Crippen LogP contribution is 2.55. The summed E-state index contributed by atoms with van der Waals surface area (Å²) in [4.78, 5) is 12.1. The lowest BCUT2D eigenvalue weighted by Crippen LogP contribution is -2.46. The van der Waals surface area contributed by atoms with Gasteiger partial charge in [-0.25, -0.2) is 0 Å². The van der Waals surface area contributed by atoms with Gasteiger partial charge in [-0.15, -0.1) is 0 Å². The molecule has 6 heteroatoms. The molecule has 0 spiro atoms. The van der Waals surface area contributed by atoms with Gasteiger partial charge in [0.15, 0.2) is 0 Å². The lowest BCUT2D eigenvalue weighted by atomic mass is 9.67. The highest BCUT2D eigenvalue weighted by molar-refractivity contribution is 14.1. The fourth-order valence-corrected chi connectivity index (χ4v) is 5.72. The van der Waals surface area contributed by atoms with Crippen molar-refractivity contribution in [2.45, 2.75) is 27.2 Å². The molecule has 0 radical (unpaired) electrons. The number of ketones is 1. The third-order valence-electron chi connectivity index (χ3n) is 4.15. The van der Waals surface area contributed by atoms with Crippen molar-refractivity contribution in [1.29, 1.82) is 0 Å². The molecule has 1 aliphatic rings. The molecule has 1 fully saturated rings. The third-order valence-corrected chi connectivity index (χ3v) is 6.31. The van der Waals surface area contributed by atoms with Crippen LogP contribution in [0.5, 0.6) is 0 Å². The molecule has 0 aromatic carbocycles. The molecule has 0 heterocycles. The SMILES string of the molecule is CC1CC(=O)C(CI)(CS(=O)(=O)O)C1(C)C. The van der Waals surface area contributed by atoms with E-state index in [2.05, 4.69) is 0 Å². The van der Waals surface area contributed by atoms with Crippen molar-refractivity contribution in [3.8, 4) is 0 Å². The minimum absolute atomic E-state index is 0.0444. The second kappa shape index (κ2) is 4.20. The van der Waals surface area contributed by atoms with Crippen molar-refractivity contribution in [2.75, 3.05) is 10.2 Å². The molecule has 0 aromatic heterocycles. The number of carbonyl (C=O) groups is 1. The van der Waals surface area contributed by atoms with E-state index in [0.29, 0.717) is 10.8 Å². The first-order valence-electron chi connectivity index (χ1n) is 5.11. The zero-order valence-electron chi connectivity index (χ0n) is 9.66. The number of Topliss-reactive ketones (excluding diaryl/α,β-unsaturated/α-hetero) is 1. The highest BCUT2D eigenvalue weighted by atomic mass is 127. The average molecular weight is 360 g/mol. The van der Waals surface area contributed by atoms with Crippen molar-refractivity contribution in [3.63, 3.8) is 0 Å². The van der Waals surface area contributed by atoms with E-state index in [1.807, 2.05) is 43.4 Å².